The molecule has 0 aromatic heterocycles. The van der Waals surface area contributed by atoms with Crippen molar-refractivity contribution in [3.8, 4) is 5.75 Å². The first-order chi connectivity index (χ1) is 12.3. The molecule has 0 heterocycles. The first kappa shape index (κ1) is 22.8. The molecule has 0 aliphatic heterocycles. The number of nitrogens with one attached hydrogen (secondary N) is 1. The second-order valence-corrected chi connectivity index (χ2v) is 5.96. The highest BCUT2D eigenvalue weighted by Gasteiger charge is 2.30. The average Bonchev–Trinajstić information content (AvgIpc) is 2.61. The summed E-state index contributed by atoms with van der Waals surface area (Å²) < 4.78 is 40.2. The van der Waals surface area contributed by atoms with Gasteiger partial charge in [-0.1, -0.05) is 49.4 Å². The average molecular weight is 403 g/mol. The van der Waals surface area contributed by atoms with E-state index in [0.717, 1.165) is 11.1 Å². The molecule has 1 amide bonds. The summed E-state index contributed by atoms with van der Waals surface area (Å²) in [6.07, 6.45) is -4.21. The van der Waals surface area contributed by atoms with Gasteiger partial charge in [-0.15, -0.1) is 25.6 Å². The molecule has 148 valence electrons. The first-order valence-electron chi connectivity index (χ1n) is 8.19. The minimum absolute atomic E-state index is 0. The molecule has 0 saturated carbocycles. The van der Waals surface area contributed by atoms with Crippen LogP contribution in [0.2, 0.25) is 0 Å². The number of benzene rings is 2. The number of halogens is 4. The zero-order valence-electron chi connectivity index (χ0n) is 14.7. The summed E-state index contributed by atoms with van der Waals surface area (Å²) in [5, 5.41) is 2.80. The zero-order valence-corrected chi connectivity index (χ0v) is 15.5. The molecule has 4 nitrogen and oxygen atoms in total. The van der Waals surface area contributed by atoms with Gasteiger partial charge in [0.05, 0.1) is 5.92 Å². The van der Waals surface area contributed by atoms with Crippen LogP contribution in [-0.2, 0) is 11.2 Å². The summed E-state index contributed by atoms with van der Waals surface area (Å²) in [7, 11) is 0. The highest BCUT2D eigenvalue weighted by atomic mass is 35.5. The van der Waals surface area contributed by atoms with Gasteiger partial charge in [-0.25, -0.2) is 0 Å². The molecule has 0 saturated heterocycles. The van der Waals surface area contributed by atoms with Gasteiger partial charge in [-0.3, -0.25) is 4.79 Å². The number of nitrogens with two attached hydrogens (primary N) is 1. The topological polar surface area (TPSA) is 64.3 Å². The number of ether oxygens (including phenoxy) is 1. The van der Waals surface area contributed by atoms with Crippen LogP contribution in [0.1, 0.15) is 24.1 Å². The Kier molecular flexibility index (Phi) is 8.59. The van der Waals surface area contributed by atoms with Crippen LogP contribution in [0.25, 0.3) is 0 Å². The Labute approximate surface area is 162 Å². The summed E-state index contributed by atoms with van der Waals surface area (Å²) in [5.74, 6) is -0.842. The van der Waals surface area contributed by atoms with Gasteiger partial charge in [0.1, 0.15) is 5.75 Å². The number of alkyl halides is 3. The van der Waals surface area contributed by atoms with E-state index in [-0.39, 0.29) is 24.1 Å². The lowest BCUT2D eigenvalue weighted by Crippen LogP contribution is -2.36. The normalized spacial score (nSPS) is 13.2. The van der Waals surface area contributed by atoms with Crippen LogP contribution in [-0.4, -0.2) is 18.8 Å². The third-order valence-corrected chi connectivity index (χ3v) is 4.01. The van der Waals surface area contributed by atoms with Crippen LogP contribution in [0, 0.1) is 5.92 Å². The largest absolute Gasteiger partial charge is 0.573 e. The summed E-state index contributed by atoms with van der Waals surface area (Å²) in [4.78, 5) is 12.2. The van der Waals surface area contributed by atoms with Crippen molar-refractivity contribution < 1.29 is 22.7 Å². The lowest BCUT2D eigenvalue weighted by Gasteiger charge is -2.19. The molecule has 0 fully saturated rings. The van der Waals surface area contributed by atoms with E-state index in [0.29, 0.717) is 13.0 Å². The molecule has 0 bridgehead atoms. The molecular weight excluding hydrogens is 381 g/mol. The molecule has 0 radical (unpaired) electrons. The molecular formula is C19H22ClF3N2O2. The van der Waals surface area contributed by atoms with Crippen molar-refractivity contribution in [2.45, 2.75) is 25.7 Å². The summed E-state index contributed by atoms with van der Waals surface area (Å²) in [6, 6.07) is 14.5. The van der Waals surface area contributed by atoms with Crippen molar-refractivity contribution >= 4 is 18.3 Å². The maximum Gasteiger partial charge on any atom is 0.573 e. The predicted octanol–water partition coefficient (Wildman–Crippen LogP) is 4.00. The van der Waals surface area contributed by atoms with E-state index < -0.39 is 18.3 Å². The third kappa shape index (κ3) is 7.48. The van der Waals surface area contributed by atoms with Gasteiger partial charge in [0, 0.05) is 12.6 Å². The Bertz CT molecular complexity index is 709. The maximum absolute atomic E-state index is 12.2. The van der Waals surface area contributed by atoms with Crippen LogP contribution in [0.15, 0.2) is 54.6 Å². The molecule has 2 rings (SSSR count). The Hall–Kier alpha value is -2.25. The van der Waals surface area contributed by atoms with Crippen molar-refractivity contribution in [2.75, 3.05) is 6.54 Å². The Morgan fingerprint density at radius 1 is 1.11 bits per heavy atom. The molecule has 2 aromatic rings. The van der Waals surface area contributed by atoms with Crippen LogP contribution < -0.4 is 15.8 Å². The lowest BCUT2D eigenvalue weighted by atomic mass is 9.94. The molecule has 0 spiro atoms. The van der Waals surface area contributed by atoms with Gasteiger partial charge in [-0.2, -0.15) is 0 Å². The number of hydrogen-bond acceptors (Lipinski definition) is 3. The molecule has 8 heteroatoms. The second-order valence-electron chi connectivity index (χ2n) is 5.96. The molecule has 2 aromatic carbocycles. The molecule has 0 aliphatic rings. The van der Waals surface area contributed by atoms with Crippen molar-refractivity contribution in [1.82, 2.24) is 5.32 Å². The summed E-state index contributed by atoms with van der Waals surface area (Å²) in [6.45, 7) is 2.13. The Balaban J connectivity index is 0.00000364. The fourth-order valence-electron chi connectivity index (χ4n) is 2.48. The molecule has 27 heavy (non-hydrogen) atoms. The number of hydrogen-bond donors (Lipinski definition) is 2. The van der Waals surface area contributed by atoms with E-state index in [4.69, 9.17) is 5.73 Å². The fraction of sp³-hybridized carbons (Fsp3) is 0.316. The van der Waals surface area contributed by atoms with Gasteiger partial charge in [-0.05, 0) is 29.7 Å². The van der Waals surface area contributed by atoms with Crippen molar-refractivity contribution in [2.24, 2.45) is 11.7 Å². The minimum atomic E-state index is -4.71. The highest BCUT2D eigenvalue weighted by Crippen LogP contribution is 2.23. The monoisotopic (exact) mass is 402 g/mol. The lowest BCUT2D eigenvalue weighted by molar-refractivity contribution is -0.274. The van der Waals surface area contributed by atoms with E-state index in [2.05, 4.69) is 10.1 Å². The van der Waals surface area contributed by atoms with Gasteiger partial charge < -0.3 is 15.8 Å². The second kappa shape index (κ2) is 10.2. The quantitative estimate of drug-likeness (QED) is 0.735. The van der Waals surface area contributed by atoms with Gasteiger partial charge in [0.15, 0.2) is 0 Å². The van der Waals surface area contributed by atoms with Gasteiger partial charge in [0.25, 0.3) is 0 Å². The van der Waals surface area contributed by atoms with Crippen LogP contribution in [0.3, 0.4) is 0 Å². The smallest absolute Gasteiger partial charge is 0.406 e. The number of carbonyl (C=O) groups is 1. The van der Waals surface area contributed by atoms with E-state index in [1.54, 1.807) is 6.92 Å². The molecule has 3 N–H and O–H groups in total. The van der Waals surface area contributed by atoms with E-state index in [1.165, 1.54) is 24.3 Å². The van der Waals surface area contributed by atoms with Gasteiger partial charge in [0.2, 0.25) is 5.91 Å². The van der Waals surface area contributed by atoms with Crippen molar-refractivity contribution in [3.63, 3.8) is 0 Å². The highest BCUT2D eigenvalue weighted by molar-refractivity contribution is 5.85. The first-order valence-corrected chi connectivity index (χ1v) is 8.19. The Morgan fingerprint density at radius 3 is 2.26 bits per heavy atom. The predicted molar refractivity (Wildman–Crippen MR) is 99.6 cm³/mol. The van der Waals surface area contributed by atoms with Crippen molar-refractivity contribution in [1.29, 1.82) is 0 Å². The maximum atomic E-state index is 12.2. The summed E-state index contributed by atoms with van der Waals surface area (Å²) >= 11 is 0. The molecule has 0 aliphatic carbocycles. The molecule has 2 atom stereocenters. The van der Waals surface area contributed by atoms with E-state index >= 15 is 0 Å². The van der Waals surface area contributed by atoms with E-state index in [9.17, 15) is 18.0 Å². The van der Waals surface area contributed by atoms with Crippen LogP contribution in [0.5, 0.6) is 5.75 Å². The number of amides is 1. The molecule has 2 unspecified atom stereocenters. The fourth-order valence-corrected chi connectivity index (χ4v) is 2.48. The SMILES string of the molecule is CC(C(=O)NCCc1ccc(OC(F)(F)F)cc1)C(N)c1ccccc1.Cl. The van der Waals surface area contributed by atoms with Crippen molar-refractivity contribution in [3.05, 3.63) is 65.7 Å². The minimum Gasteiger partial charge on any atom is -0.406 e. The summed E-state index contributed by atoms with van der Waals surface area (Å²) in [5.41, 5.74) is 7.80. The van der Waals surface area contributed by atoms with Crippen LogP contribution >= 0.6 is 12.4 Å². The number of carbonyl (C=O) groups excluding carboxylic acids is 1. The standard InChI is InChI=1S/C19H21F3N2O2.ClH/c1-13(17(23)15-5-3-2-4-6-15)18(25)24-12-11-14-7-9-16(10-8-14)26-19(20,21)22;/h2-10,13,17H,11-12,23H2,1H3,(H,24,25);1H. The Morgan fingerprint density at radius 2 is 1.70 bits per heavy atom. The number of rotatable bonds is 7. The van der Waals surface area contributed by atoms with Crippen LogP contribution in [0.4, 0.5) is 13.2 Å². The zero-order chi connectivity index (χ0) is 19.2. The van der Waals surface area contributed by atoms with Gasteiger partial charge >= 0.3 is 6.36 Å². The van der Waals surface area contributed by atoms with E-state index in [1.807, 2.05) is 30.3 Å². The third-order valence-electron chi connectivity index (χ3n) is 4.01.